The highest BCUT2D eigenvalue weighted by Gasteiger charge is 2.26. The summed E-state index contributed by atoms with van der Waals surface area (Å²) >= 11 is 0. The molecule has 1 heterocycles. The Bertz CT molecular complexity index is 430. The zero-order valence-corrected chi connectivity index (χ0v) is 11.6. The fourth-order valence-electron chi connectivity index (χ4n) is 1.52. The fourth-order valence-corrected chi connectivity index (χ4v) is 1.52. The summed E-state index contributed by atoms with van der Waals surface area (Å²) < 4.78 is 0. The van der Waals surface area contributed by atoms with E-state index in [0.29, 0.717) is 18.2 Å². The molecule has 6 nitrogen and oxygen atoms in total. The predicted molar refractivity (Wildman–Crippen MR) is 72.7 cm³/mol. The van der Waals surface area contributed by atoms with Crippen molar-refractivity contribution >= 4 is 17.5 Å². The van der Waals surface area contributed by atoms with Crippen molar-refractivity contribution in [3.63, 3.8) is 0 Å². The van der Waals surface area contributed by atoms with Crippen LogP contribution in [0.5, 0.6) is 0 Å². The Kier molecular flexibility index (Phi) is 4.47. The second-order valence-electron chi connectivity index (χ2n) is 4.75. The maximum absolute atomic E-state index is 11.6. The SMILES string of the molecule is CNC(=O)C(C)(C)CNc1cc(NC)nc(C)n1. The van der Waals surface area contributed by atoms with Gasteiger partial charge in [0.15, 0.2) is 0 Å². The number of hydrogen-bond acceptors (Lipinski definition) is 5. The number of rotatable bonds is 5. The molecule has 0 unspecified atom stereocenters. The number of aromatic nitrogens is 2. The van der Waals surface area contributed by atoms with E-state index in [4.69, 9.17) is 0 Å². The van der Waals surface area contributed by atoms with Crippen molar-refractivity contribution in [2.45, 2.75) is 20.8 Å². The first-order valence-electron chi connectivity index (χ1n) is 5.88. The van der Waals surface area contributed by atoms with Gasteiger partial charge in [0.25, 0.3) is 0 Å². The van der Waals surface area contributed by atoms with Crippen LogP contribution in [0.1, 0.15) is 19.7 Å². The number of aryl methyl sites for hydroxylation is 1. The molecule has 3 N–H and O–H groups in total. The van der Waals surface area contributed by atoms with Gasteiger partial charge in [0.1, 0.15) is 17.5 Å². The first-order chi connectivity index (χ1) is 8.39. The van der Waals surface area contributed by atoms with E-state index >= 15 is 0 Å². The predicted octanol–water partition coefficient (Wildman–Crippen LogP) is 1.01. The monoisotopic (exact) mass is 251 g/mol. The van der Waals surface area contributed by atoms with E-state index in [1.54, 1.807) is 14.1 Å². The van der Waals surface area contributed by atoms with Crippen molar-refractivity contribution in [2.24, 2.45) is 5.41 Å². The topological polar surface area (TPSA) is 78.9 Å². The molecular weight excluding hydrogens is 230 g/mol. The molecule has 0 spiro atoms. The minimum Gasteiger partial charge on any atom is -0.373 e. The summed E-state index contributed by atoms with van der Waals surface area (Å²) in [6.45, 7) is 6.10. The second-order valence-corrected chi connectivity index (χ2v) is 4.75. The Morgan fingerprint density at radius 2 is 1.89 bits per heavy atom. The van der Waals surface area contributed by atoms with Crippen LogP contribution in [0, 0.1) is 12.3 Å². The average molecular weight is 251 g/mol. The van der Waals surface area contributed by atoms with E-state index in [1.807, 2.05) is 26.8 Å². The van der Waals surface area contributed by atoms with Gasteiger partial charge in [-0.25, -0.2) is 9.97 Å². The van der Waals surface area contributed by atoms with E-state index in [1.165, 1.54) is 0 Å². The smallest absolute Gasteiger partial charge is 0.227 e. The van der Waals surface area contributed by atoms with Gasteiger partial charge in [-0.15, -0.1) is 0 Å². The van der Waals surface area contributed by atoms with Gasteiger partial charge in [-0.3, -0.25) is 4.79 Å². The molecule has 0 saturated heterocycles. The van der Waals surface area contributed by atoms with Crippen molar-refractivity contribution in [1.29, 1.82) is 0 Å². The Morgan fingerprint density at radius 3 is 2.44 bits per heavy atom. The average Bonchev–Trinajstić information content (AvgIpc) is 2.34. The van der Waals surface area contributed by atoms with Gasteiger partial charge in [0, 0.05) is 26.7 Å². The lowest BCUT2D eigenvalue weighted by atomic mass is 9.92. The molecule has 1 rings (SSSR count). The molecule has 0 atom stereocenters. The first kappa shape index (κ1) is 14.2. The third kappa shape index (κ3) is 3.58. The normalized spacial score (nSPS) is 10.9. The molecule has 1 amide bonds. The molecular formula is C12H21N5O. The van der Waals surface area contributed by atoms with Crippen LogP contribution >= 0.6 is 0 Å². The van der Waals surface area contributed by atoms with Crippen LogP contribution in [0.4, 0.5) is 11.6 Å². The van der Waals surface area contributed by atoms with Crippen molar-refractivity contribution in [1.82, 2.24) is 15.3 Å². The quantitative estimate of drug-likeness (QED) is 0.728. The second kappa shape index (κ2) is 5.66. The molecule has 0 bridgehead atoms. The summed E-state index contributed by atoms with van der Waals surface area (Å²) in [6.07, 6.45) is 0. The molecule has 1 aromatic heterocycles. The highest BCUT2D eigenvalue weighted by atomic mass is 16.2. The summed E-state index contributed by atoms with van der Waals surface area (Å²) in [5.74, 6) is 2.14. The number of carbonyl (C=O) groups is 1. The summed E-state index contributed by atoms with van der Waals surface area (Å²) in [6, 6.07) is 1.81. The van der Waals surface area contributed by atoms with Gasteiger partial charge in [0.2, 0.25) is 5.91 Å². The lowest BCUT2D eigenvalue weighted by Gasteiger charge is -2.23. The zero-order valence-electron chi connectivity index (χ0n) is 11.6. The van der Waals surface area contributed by atoms with E-state index < -0.39 is 5.41 Å². The fraction of sp³-hybridized carbons (Fsp3) is 0.583. The van der Waals surface area contributed by atoms with Crippen LogP contribution in [-0.2, 0) is 4.79 Å². The van der Waals surface area contributed by atoms with Gasteiger partial charge in [0.05, 0.1) is 5.41 Å². The third-order valence-corrected chi connectivity index (χ3v) is 2.65. The van der Waals surface area contributed by atoms with Crippen molar-refractivity contribution in [3.05, 3.63) is 11.9 Å². The lowest BCUT2D eigenvalue weighted by molar-refractivity contribution is -0.128. The van der Waals surface area contributed by atoms with E-state index in [-0.39, 0.29) is 5.91 Å². The Balaban J connectivity index is 2.74. The maximum atomic E-state index is 11.6. The lowest BCUT2D eigenvalue weighted by Crippen LogP contribution is -2.39. The summed E-state index contributed by atoms with van der Waals surface area (Å²) in [5, 5.41) is 8.78. The molecule has 0 aliphatic rings. The van der Waals surface area contributed by atoms with Crippen molar-refractivity contribution < 1.29 is 4.79 Å². The highest BCUT2D eigenvalue weighted by Crippen LogP contribution is 2.17. The highest BCUT2D eigenvalue weighted by molar-refractivity contribution is 5.82. The number of anilines is 2. The molecule has 0 radical (unpaired) electrons. The number of carbonyl (C=O) groups excluding carboxylic acids is 1. The molecule has 0 aliphatic heterocycles. The van der Waals surface area contributed by atoms with Crippen LogP contribution in [0.3, 0.4) is 0 Å². The largest absolute Gasteiger partial charge is 0.373 e. The van der Waals surface area contributed by atoms with E-state index in [2.05, 4.69) is 25.9 Å². The summed E-state index contributed by atoms with van der Waals surface area (Å²) in [7, 11) is 3.44. The number of nitrogens with zero attached hydrogens (tertiary/aromatic N) is 2. The minimum absolute atomic E-state index is 0.00498. The number of amides is 1. The summed E-state index contributed by atoms with van der Waals surface area (Å²) in [5.41, 5.74) is -0.493. The van der Waals surface area contributed by atoms with Gasteiger partial charge in [-0.05, 0) is 20.8 Å². The first-order valence-corrected chi connectivity index (χ1v) is 5.88. The summed E-state index contributed by atoms with van der Waals surface area (Å²) in [4.78, 5) is 20.1. The number of nitrogens with one attached hydrogen (secondary N) is 3. The van der Waals surface area contributed by atoms with Gasteiger partial charge in [-0.1, -0.05) is 0 Å². The molecule has 6 heteroatoms. The van der Waals surface area contributed by atoms with Crippen LogP contribution in [-0.4, -0.2) is 36.5 Å². The van der Waals surface area contributed by atoms with Gasteiger partial charge >= 0.3 is 0 Å². The maximum Gasteiger partial charge on any atom is 0.227 e. The third-order valence-electron chi connectivity index (χ3n) is 2.65. The molecule has 0 aliphatic carbocycles. The van der Waals surface area contributed by atoms with Crippen LogP contribution in [0.2, 0.25) is 0 Å². The minimum atomic E-state index is -0.493. The molecule has 0 fully saturated rings. The molecule has 100 valence electrons. The molecule has 0 saturated carbocycles. The standard InChI is InChI=1S/C12H21N5O/c1-8-16-9(13-4)6-10(17-8)15-7-12(2,3)11(18)14-5/h6H,7H2,1-5H3,(H,14,18)(H2,13,15,16,17). The Hall–Kier alpha value is -1.85. The molecule has 18 heavy (non-hydrogen) atoms. The van der Waals surface area contributed by atoms with Crippen LogP contribution in [0.15, 0.2) is 6.07 Å². The molecule has 1 aromatic rings. The van der Waals surface area contributed by atoms with Gasteiger partial charge < -0.3 is 16.0 Å². The Morgan fingerprint density at radius 1 is 1.28 bits per heavy atom. The van der Waals surface area contributed by atoms with Crippen LogP contribution < -0.4 is 16.0 Å². The van der Waals surface area contributed by atoms with Gasteiger partial charge in [-0.2, -0.15) is 0 Å². The van der Waals surface area contributed by atoms with E-state index in [9.17, 15) is 4.79 Å². The number of hydrogen-bond donors (Lipinski definition) is 3. The van der Waals surface area contributed by atoms with Crippen molar-refractivity contribution in [3.8, 4) is 0 Å². The van der Waals surface area contributed by atoms with Crippen LogP contribution in [0.25, 0.3) is 0 Å². The molecule has 0 aromatic carbocycles. The van der Waals surface area contributed by atoms with E-state index in [0.717, 1.165) is 5.82 Å². The zero-order chi connectivity index (χ0) is 13.8. The Labute approximate surface area is 108 Å². The van der Waals surface area contributed by atoms with Crippen molar-refractivity contribution in [2.75, 3.05) is 31.3 Å².